The summed E-state index contributed by atoms with van der Waals surface area (Å²) in [6.45, 7) is 2.91. The highest BCUT2D eigenvalue weighted by Gasteiger charge is 2.06. The number of aromatic nitrogens is 1. The summed E-state index contributed by atoms with van der Waals surface area (Å²) in [5, 5.41) is 6.52. The number of hydrogen-bond donors (Lipinski definition) is 2. The second-order valence-electron chi connectivity index (χ2n) is 4.18. The van der Waals surface area contributed by atoms with Crippen LogP contribution in [0.1, 0.15) is 6.92 Å². The summed E-state index contributed by atoms with van der Waals surface area (Å²) < 4.78 is 10.5. The van der Waals surface area contributed by atoms with Crippen LogP contribution in [0.15, 0.2) is 36.7 Å². The Morgan fingerprint density at radius 3 is 2.55 bits per heavy atom. The van der Waals surface area contributed by atoms with Gasteiger partial charge in [-0.3, -0.25) is 4.98 Å². The number of nitrogens with one attached hydrogen (secondary N) is 2. The van der Waals surface area contributed by atoms with Gasteiger partial charge in [0.1, 0.15) is 11.5 Å². The van der Waals surface area contributed by atoms with Gasteiger partial charge in [0.25, 0.3) is 0 Å². The predicted molar refractivity (Wildman–Crippen MR) is 81.2 cm³/mol. The average molecular weight is 273 g/mol. The molecule has 0 saturated heterocycles. The van der Waals surface area contributed by atoms with Crippen molar-refractivity contribution in [3.63, 3.8) is 0 Å². The summed E-state index contributed by atoms with van der Waals surface area (Å²) in [4.78, 5) is 4.20. The van der Waals surface area contributed by atoms with Gasteiger partial charge in [0.15, 0.2) is 0 Å². The molecule has 0 radical (unpaired) electrons. The summed E-state index contributed by atoms with van der Waals surface area (Å²) in [6, 6.07) is 7.63. The van der Waals surface area contributed by atoms with Gasteiger partial charge in [-0.05, 0) is 25.1 Å². The minimum absolute atomic E-state index is 0.721. The highest BCUT2D eigenvalue weighted by molar-refractivity contribution is 5.69. The average Bonchev–Trinajstić information content (AvgIpc) is 2.48. The van der Waals surface area contributed by atoms with E-state index in [4.69, 9.17) is 9.47 Å². The minimum atomic E-state index is 0.721. The van der Waals surface area contributed by atoms with Crippen molar-refractivity contribution in [1.82, 2.24) is 4.98 Å². The molecule has 2 rings (SSSR count). The van der Waals surface area contributed by atoms with Crippen LogP contribution in [0.3, 0.4) is 0 Å². The van der Waals surface area contributed by atoms with Crippen molar-refractivity contribution < 1.29 is 9.47 Å². The fourth-order valence-electron chi connectivity index (χ4n) is 1.87. The Labute approximate surface area is 118 Å². The molecule has 2 N–H and O–H groups in total. The van der Waals surface area contributed by atoms with Gasteiger partial charge in [-0.1, -0.05) is 0 Å². The van der Waals surface area contributed by atoms with Crippen LogP contribution in [0, 0.1) is 0 Å². The van der Waals surface area contributed by atoms with Gasteiger partial charge in [-0.2, -0.15) is 0 Å². The number of benzene rings is 1. The molecule has 0 aliphatic heterocycles. The van der Waals surface area contributed by atoms with Crippen molar-refractivity contribution in [2.24, 2.45) is 0 Å². The van der Waals surface area contributed by atoms with Crippen molar-refractivity contribution >= 4 is 17.1 Å². The third-order valence-corrected chi connectivity index (χ3v) is 2.81. The molecule has 0 amide bonds. The van der Waals surface area contributed by atoms with Gasteiger partial charge < -0.3 is 20.1 Å². The number of pyridine rings is 1. The van der Waals surface area contributed by atoms with Crippen molar-refractivity contribution in [2.45, 2.75) is 6.92 Å². The number of anilines is 3. The molecule has 1 aromatic carbocycles. The maximum atomic E-state index is 5.36. The van der Waals surface area contributed by atoms with Gasteiger partial charge in [0.05, 0.1) is 43.7 Å². The SMILES string of the molecule is CCNc1cncc(Nc2ccc(OC)cc2OC)c1. The van der Waals surface area contributed by atoms with Crippen LogP contribution in [0.5, 0.6) is 11.5 Å². The number of methoxy groups -OCH3 is 2. The van der Waals surface area contributed by atoms with Gasteiger partial charge in [0.2, 0.25) is 0 Å². The van der Waals surface area contributed by atoms with Crippen LogP contribution < -0.4 is 20.1 Å². The molecule has 0 unspecified atom stereocenters. The van der Waals surface area contributed by atoms with E-state index < -0.39 is 0 Å². The molecular formula is C15H19N3O2. The lowest BCUT2D eigenvalue weighted by Gasteiger charge is -2.13. The Kier molecular flexibility index (Phi) is 4.65. The van der Waals surface area contributed by atoms with Crippen LogP contribution in [-0.2, 0) is 0 Å². The molecule has 1 aromatic heterocycles. The van der Waals surface area contributed by atoms with Crippen LogP contribution in [-0.4, -0.2) is 25.7 Å². The van der Waals surface area contributed by atoms with Crippen LogP contribution in [0.2, 0.25) is 0 Å². The predicted octanol–water partition coefficient (Wildman–Crippen LogP) is 3.27. The number of rotatable bonds is 6. The van der Waals surface area contributed by atoms with E-state index in [2.05, 4.69) is 15.6 Å². The molecule has 20 heavy (non-hydrogen) atoms. The van der Waals surface area contributed by atoms with Crippen LogP contribution >= 0.6 is 0 Å². The Balaban J connectivity index is 2.22. The summed E-state index contributed by atoms with van der Waals surface area (Å²) in [5.41, 5.74) is 2.74. The van der Waals surface area contributed by atoms with Crippen molar-refractivity contribution in [3.05, 3.63) is 36.7 Å². The first-order valence-corrected chi connectivity index (χ1v) is 6.44. The number of nitrogens with zero attached hydrogens (tertiary/aromatic N) is 1. The fraction of sp³-hybridized carbons (Fsp3) is 0.267. The highest BCUT2D eigenvalue weighted by atomic mass is 16.5. The van der Waals surface area contributed by atoms with E-state index in [9.17, 15) is 0 Å². The maximum Gasteiger partial charge on any atom is 0.145 e. The first-order valence-electron chi connectivity index (χ1n) is 6.44. The van der Waals surface area contributed by atoms with Gasteiger partial charge in [-0.15, -0.1) is 0 Å². The van der Waals surface area contributed by atoms with Gasteiger partial charge in [-0.25, -0.2) is 0 Å². The zero-order valence-electron chi connectivity index (χ0n) is 11.9. The molecule has 2 aromatic rings. The minimum Gasteiger partial charge on any atom is -0.497 e. The first-order chi connectivity index (χ1) is 9.76. The second-order valence-corrected chi connectivity index (χ2v) is 4.18. The summed E-state index contributed by atoms with van der Waals surface area (Å²) in [6.07, 6.45) is 3.56. The lowest BCUT2D eigenvalue weighted by atomic mass is 10.2. The first kappa shape index (κ1) is 14.0. The van der Waals surface area contributed by atoms with E-state index in [1.807, 2.05) is 31.2 Å². The topological polar surface area (TPSA) is 55.4 Å². The Morgan fingerprint density at radius 2 is 1.85 bits per heavy atom. The third-order valence-electron chi connectivity index (χ3n) is 2.81. The van der Waals surface area contributed by atoms with E-state index in [0.717, 1.165) is 35.1 Å². The van der Waals surface area contributed by atoms with E-state index in [1.54, 1.807) is 26.6 Å². The van der Waals surface area contributed by atoms with E-state index >= 15 is 0 Å². The van der Waals surface area contributed by atoms with Gasteiger partial charge >= 0.3 is 0 Å². The van der Waals surface area contributed by atoms with Crippen LogP contribution in [0.4, 0.5) is 17.1 Å². The molecule has 0 atom stereocenters. The molecule has 0 aliphatic rings. The molecule has 106 valence electrons. The van der Waals surface area contributed by atoms with E-state index in [1.165, 1.54) is 0 Å². The molecule has 0 aliphatic carbocycles. The number of hydrogen-bond acceptors (Lipinski definition) is 5. The van der Waals surface area contributed by atoms with Crippen LogP contribution in [0.25, 0.3) is 0 Å². The molecule has 0 saturated carbocycles. The highest BCUT2D eigenvalue weighted by Crippen LogP contribution is 2.31. The summed E-state index contributed by atoms with van der Waals surface area (Å²) in [5.74, 6) is 1.48. The van der Waals surface area contributed by atoms with Crippen molar-refractivity contribution in [1.29, 1.82) is 0 Å². The lowest BCUT2D eigenvalue weighted by Crippen LogP contribution is -1.99. The van der Waals surface area contributed by atoms with Gasteiger partial charge in [0, 0.05) is 12.6 Å². The second kappa shape index (κ2) is 6.65. The molecule has 0 spiro atoms. The standard InChI is InChI=1S/C15H19N3O2/c1-4-17-11-7-12(10-16-9-11)18-14-6-5-13(19-2)8-15(14)20-3/h5-10,17-18H,4H2,1-3H3. The third kappa shape index (κ3) is 3.32. The molecule has 5 nitrogen and oxygen atoms in total. The fourth-order valence-corrected chi connectivity index (χ4v) is 1.87. The normalized spacial score (nSPS) is 9.95. The lowest BCUT2D eigenvalue weighted by molar-refractivity contribution is 0.395. The summed E-state index contributed by atoms with van der Waals surface area (Å²) in [7, 11) is 3.26. The molecule has 0 bridgehead atoms. The largest absolute Gasteiger partial charge is 0.497 e. The van der Waals surface area contributed by atoms with Crippen molar-refractivity contribution in [3.8, 4) is 11.5 Å². The Hall–Kier alpha value is -2.43. The number of ether oxygens (including phenoxy) is 2. The quantitative estimate of drug-likeness (QED) is 0.846. The molecule has 1 heterocycles. The Morgan fingerprint density at radius 1 is 1.05 bits per heavy atom. The zero-order valence-corrected chi connectivity index (χ0v) is 11.9. The maximum absolute atomic E-state index is 5.36. The summed E-state index contributed by atoms with van der Waals surface area (Å²) >= 11 is 0. The smallest absolute Gasteiger partial charge is 0.145 e. The molecule has 5 heteroatoms. The van der Waals surface area contributed by atoms with Crippen molar-refractivity contribution in [2.75, 3.05) is 31.4 Å². The molecular weight excluding hydrogens is 254 g/mol. The zero-order chi connectivity index (χ0) is 14.4. The van der Waals surface area contributed by atoms with E-state index in [0.29, 0.717) is 0 Å². The Bertz CT molecular complexity index is 573. The van der Waals surface area contributed by atoms with E-state index in [-0.39, 0.29) is 0 Å². The molecule has 0 fully saturated rings. The monoisotopic (exact) mass is 273 g/mol.